The zero-order valence-corrected chi connectivity index (χ0v) is 6.83. The van der Waals surface area contributed by atoms with E-state index in [1.54, 1.807) is 13.8 Å². The smallest absolute Gasteiger partial charge is 0.302 e. The second kappa shape index (κ2) is 5.13. The molecule has 0 unspecified atom stereocenters. The van der Waals surface area contributed by atoms with Gasteiger partial charge in [-0.1, -0.05) is 0 Å². The minimum atomic E-state index is -2.70. The van der Waals surface area contributed by atoms with Gasteiger partial charge in [0.15, 0.2) is 0 Å². The molecule has 66 valence electrons. The molecule has 0 amide bonds. The molecule has 2 atom stereocenters. The summed E-state index contributed by atoms with van der Waals surface area (Å²) in [5.41, 5.74) is 0. The maximum absolute atomic E-state index is 10.9. The number of esters is 1. The van der Waals surface area contributed by atoms with Crippen LogP contribution in [0.3, 0.4) is 0 Å². The van der Waals surface area contributed by atoms with E-state index in [2.05, 4.69) is 4.74 Å². The minimum Gasteiger partial charge on any atom is -0.463 e. The zero-order valence-electron chi connectivity index (χ0n) is 9.83. The summed E-state index contributed by atoms with van der Waals surface area (Å²) in [6, 6.07) is 0. The fourth-order valence-corrected chi connectivity index (χ4v) is 0.718. The molecule has 0 aromatic heterocycles. The number of carbonyl (C=O) groups is 1. The van der Waals surface area contributed by atoms with E-state index in [1.165, 1.54) is 0 Å². The quantitative estimate of drug-likeness (QED) is 0.631. The standard InChI is InChI=1S/C8H16O3/c1-6(9)4-5-7(2)11-8(3)10/h6-7,9H,4-5H2,1-3H3/t6-,7+/m1/s1/i3D3. The van der Waals surface area contributed by atoms with Gasteiger partial charge in [0.05, 0.1) is 12.2 Å². The van der Waals surface area contributed by atoms with Gasteiger partial charge in [0, 0.05) is 11.0 Å². The van der Waals surface area contributed by atoms with Crippen molar-refractivity contribution in [3.63, 3.8) is 0 Å². The lowest BCUT2D eigenvalue weighted by atomic mass is 10.1. The van der Waals surface area contributed by atoms with Gasteiger partial charge in [-0.3, -0.25) is 4.79 Å². The Morgan fingerprint density at radius 3 is 2.73 bits per heavy atom. The molecule has 0 aliphatic heterocycles. The number of hydrogen-bond donors (Lipinski definition) is 1. The van der Waals surface area contributed by atoms with Crippen molar-refractivity contribution in [3.8, 4) is 0 Å². The molecule has 0 radical (unpaired) electrons. The molecule has 0 saturated carbocycles. The van der Waals surface area contributed by atoms with Crippen LogP contribution in [-0.2, 0) is 9.53 Å². The molecule has 0 heterocycles. The summed E-state index contributed by atoms with van der Waals surface area (Å²) in [7, 11) is 0. The summed E-state index contributed by atoms with van der Waals surface area (Å²) in [5, 5.41) is 8.94. The summed E-state index contributed by atoms with van der Waals surface area (Å²) in [6.07, 6.45) is -0.00369. The molecule has 0 spiro atoms. The lowest BCUT2D eigenvalue weighted by molar-refractivity contribution is -0.145. The van der Waals surface area contributed by atoms with E-state index in [9.17, 15) is 4.79 Å². The molecule has 3 nitrogen and oxygen atoms in total. The molecule has 0 aliphatic rings. The molecule has 0 bridgehead atoms. The van der Waals surface area contributed by atoms with Gasteiger partial charge in [0.25, 0.3) is 0 Å². The maximum Gasteiger partial charge on any atom is 0.302 e. The summed E-state index contributed by atoms with van der Waals surface area (Å²) < 4.78 is 24.9. The number of ether oxygens (including phenoxy) is 1. The first-order valence-electron chi connectivity index (χ1n) is 5.12. The maximum atomic E-state index is 10.9. The van der Waals surface area contributed by atoms with Crippen molar-refractivity contribution in [2.45, 2.75) is 45.7 Å². The van der Waals surface area contributed by atoms with Gasteiger partial charge in [0.1, 0.15) is 0 Å². The average Bonchev–Trinajstić information content (AvgIpc) is 1.99. The van der Waals surface area contributed by atoms with E-state index in [0.717, 1.165) is 0 Å². The Balaban J connectivity index is 3.83. The second-order valence-corrected chi connectivity index (χ2v) is 2.64. The Hall–Kier alpha value is -0.570. The molecule has 0 rings (SSSR count). The zero-order chi connectivity index (χ0) is 11.4. The number of hydrogen-bond acceptors (Lipinski definition) is 3. The number of carbonyl (C=O) groups excluding carboxylic acids is 1. The lowest BCUT2D eigenvalue weighted by Gasteiger charge is -2.12. The number of rotatable bonds is 4. The first-order valence-corrected chi connectivity index (χ1v) is 3.62. The molecular formula is C8H16O3. The first-order chi connectivity index (χ1) is 6.23. The van der Waals surface area contributed by atoms with Gasteiger partial charge >= 0.3 is 5.97 Å². The van der Waals surface area contributed by atoms with E-state index in [0.29, 0.717) is 12.8 Å². The van der Waals surface area contributed by atoms with Crippen molar-refractivity contribution < 1.29 is 18.8 Å². The number of aliphatic hydroxyl groups is 1. The molecule has 3 heteroatoms. The summed E-state index contributed by atoms with van der Waals surface area (Å²) >= 11 is 0. The predicted octanol–water partition coefficient (Wildman–Crippen LogP) is 1.10. The SMILES string of the molecule is [2H]C([2H])([2H])C(=O)O[C@@H](C)CC[C@@H](C)O. The predicted molar refractivity (Wildman–Crippen MR) is 42.1 cm³/mol. The van der Waals surface area contributed by atoms with Crippen molar-refractivity contribution in [3.05, 3.63) is 0 Å². The largest absolute Gasteiger partial charge is 0.463 e. The topological polar surface area (TPSA) is 46.5 Å². The Bertz CT molecular complexity index is 189. The third kappa shape index (κ3) is 7.33. The molecule has 0 saturated heterocycles. The fourth-order valence-electron chi connectivity index (χ4n) is 0.718. The van der Waals surface area contributed by atoms with Gasteiger partial charge in [-0.25, -0.2) is 0 Å². The van der Waals surface area contributed by atoms with Crippen LogP contribution in [0.2, 0.25) is 0 Å². The molecule has 0 aromatic rings. The van der Waals surface area contributed by atoms with Crippen molar-refractivity contribution in [1.82, 2.24) is 0 Å². The molecule has 1 N–H and O–H groups in total. The molecular weight excluding hydrogens is 144 g/mol. The van der Waals surface area contributed by atoms with Crippen LogP contribution in [-0.4, -0.2) is 23.3 Å². The van der Waals surface area contributed by atoms with Crippen molar-refractivity contribution in [1.29, 1.82) is 0 Å². The second-order valence-electron chi connectivity index (χ2n) is 2.64. The Morgan fingerprint density at radius 1 is 1.64 bits per heavy atom. The van der Waals surface area contributed by atoms with Crippen molar-refractivity contribution in [2.75, 3.05) is 0 Å². The van der Waals surface area contributed by atoms with E-state index in [-0.39, 0.29) is 0 Å². The van der Waals surface area contributed by atoms with Gasteiger partial charge in [0.2, 0.25) is 0 Å². The highest BCUT2D eigenvalue weighted by atomic mass is 16.5. The van der Waals surface area contributed by atoms with E-state index in [1.807, 2.05) is 0 Å². The van der Waals surface area contributed by atoms with Crippen LogP contribution in [0.15, 0.2) is 0 Å². The van der Waals surface area contributed by atoms with Crippen LogP contribution in [0, 0.1) is 0 Å². The third-order valence-corrected chi connectivity index (χ3v) is 1.30. The molecule has 0 aliphatic carbocycles. The molecule has 0 fully saturated rings. The Morgan fingerprint density at radius 2 is 2.27 bits per heavy atom. The molecule has 11 heavy (non-hydrogen) atoms. The summed E-state index contributed by atoms with van der Waals surface area (Å²) in [6.45, 7) is 0.531. The van der Waals surface area contributed by atoms with E-state index >= 15 is 0 Å². The van der Waals surface area contributed by atoms with Crippen molar-refractivity contribution >= 4 is 5.97 Å². The van der Waals surface area contributed by atoms with Crippen LogP contribution < -0.4 is 0 Å². The first kappa shape index (κ1) is 6.00. The highest BCUT2D eigenvalue weighted by Gasteiger charge is 2.06. The Labute approximate surface area is 71.6 Å². The fraction of sp³-hybridized carbons (Fsp3) is 0.875. The lowest BCUT2D eigenvalue weighted by Crippen LogP contribution is -2.14. The van der Waals surface area contributed by atoms with E-state index < -0.39 is 25.0 Å². The van der Waals surface area contributed by atoms with Crippen LogP contribution in [0.5, 0.6) is 0 Å². The Kier molecular flexibility index (Phi) is 2.80. The summed E-state index contributed by atoms with van der Waals surface area (Å²) in [5.74, 6) is -1.18. The van der Waals surface area contributed by atoms with Gasteiger partial charge < -0.3 is 9.84 Å². The monoisotopic (exact) mass is 163 g/mol. The number of aliphatic hydroxyl groups excluding tert-OH is 1. The molecule has 0 aromatic carbocycles. The minimum absolute atomic E-state index is 0.458. The third-order valence-electron chi connectivity index (χ3n) is 1.30. The normalized spacial score (nSPS) is 20.8. The van der Waals surface area contributed by atoms with Crippen LogP contribution in [0.1, 0.15) is 37.7 Å². The highest BCUT2D eigenvalue weighted by molar-refractivity contribution is 5.66. The highest BCUT2D eigenvalue weighted by Crippen LogP contribution is 2.04. The van der Waals surface area contributed by atoms with Crippen LogP contribution in [0.25, 0.3) is 0 Å². The summed E-state index contributed by atoms with van der Waals surface area (Å²) in [4.78, 5) is 10.9. The van der Waals surface area contributed by atoms with Crippen molar-refractivity contribution in [2.24, 2.45) is 0 Å². The van der Waals surface area contributed by atoms with Gasteiger partial charge in [-0.2, -0.15) is 0 Å². The average molecular weight is 163 g/mol. The van der Waals surface area contributed by atoms with E-state index in [4.69, 9.17) is 9.22 Å². The van der Waals surface area contributed by atoms with Crippen LogP contribution in [0.4, 0.5) is 0 Å². The van der Waals surface area contributed by atoms with Gasteiger partial charge in [-0.15, -0.1) is 0 Å². The van der Waals surface area contributed by atoms with Gasteiger partial charge in [-0.05, 0) is 26.7 Å². The van der Waals surface area contributed by atoms with Crippen LogP contribution >= 0.6 is 0 Å².